The van der Waals surface area contributed by atoms with Crippen LogP contribution in [-0.2, 0) is 0 Å². The van der Waals surface area contributed by atoms with Gasteiger partial charge in [-0.3, -0.25) is 10.1 Å². The summed E-state index contributed by atoms with van der Waals surface area (Å²) >= 11 is 5.74. The maximum Gasteiger partial charge on any atom is 0.332 e. The molecule has 1 unspecified atom stereocenters. The highest BCUT2D eigenvalue weighted by Crippen LogP contribution is 2.30. The molecule has 0 aliphatic carbocycles. The van der Waals surface area contributed by atoms with Crippen molar-refractivity contribution in [3.05, 3.63) is 21.1 Å². The molecule has 106 valence electrons. The number of nitrogens with zero attached hydrogens (tertiary/aromatic N) is 3. The Morgan fingerprint density at radius 3 is 2.63 bits per heavy atom. The van der Waals surface area contributed by atoms with Crippen molar-refractivity contribution in [1.29, 1.82) is 0 Å². The highest BCUT2D eigenvalue weighted by Gasteiger charge is 2.28. The van der Waals surface area contributed by atoms with E-state index in [0.29, 0.717) is 12.8 Å². The lowest BCUT2D eigenvalue weighted by atomic mass is 9.95. The van der Waals surface area contributed by atoms with Gasteiger partial charge in [-0.05, 0) is 38.3 Å². The van der Waals surface area contributed by atoms with Gasteiger partial charge in [-0.2, -0.15) is 4.98 Å². The highest BCUT2D eigenvalue weighted by atomic mass is 35.5. The lowest BCUT2D eigenvalue weighted by Gasteiger charge is -2.29. The van der Waals surface area contributed by atoms with Gasteiger partial charge in [0.05, 0.1) is 4.92 Å². The van der Waals surface area contributed by atoms with Gasteiger partial charge in [0.15, 0.2) is 0 Å². The van der Waals surface area contributed by atoms with Crippen molar-refractivity contribution in [3.8, 4) is 0 Å². The molecule has 0 fully saturated rings. The van der Waals surface area contributed by atoms with Gasteiger partial charge in [-0.15, -0.1) is 0 Å². The number of nitro groups is 1. The van der Waals surface area contributed by atoms with Crippen LogP contribution in [0.3, 0.4) is 0 Å². The number of rotatable bonds is 6. The van der Waals surface area contributed by atoms with E-state index < -0.39 is 10.5 Å². The van der Waals surface area contributed by atoms with E-state index in [9.17, 15) is 10.1 Å². The predicted octanol–water partition coefficient (Wildman–Crippen LogP) is 2.31. The van der Waals surface area contributed by atoms with Crippen LogP contribution in [0.1, 0.15) is 32.4 Å². The second-order valence-corrected chi connectivity index (χ2v) is 4.88. The molecule has 0 aliphatic heterocycles. The minimum atomic E-state index is -0.539. The van der Waals surface area contributed by atoms with Gasteiger partial charge in [0.2, 0.25) is 11.1 Å². The maximum atomic E-state index is 11.1. The summed E-state index contributed by atoms with van der Waals surface area (Å²) in [5.41, 5.74) is -0.485. The topological polar surface area (TPSA) is 101 Å². The SMILES string of the molecule is CCC(C)(CCO)Nc1nc(Cl)nc(C)c1[N+](=O)[O-]. The first-order valence-electron chi connectivity index (χ1n) is 5.90. The molecule has 1 atom stereocenters. The van der Waals surface area contributed by atoms with E-state index in [1.165, 1.54) is 6.92 Å². The van der Waals surface area contributed by atoms with Crippen LogP contribution in [0.15, 0.2) is 0 Å². The van der Waals surface area contributed by atoms with Crippen LogP contribution in [0.5, 0.6) is 0 Å². The first kappa shape index (κ1) is 15.6. The number of hydrogen-bond acceptors (Lipinski definition) is 6. The Morgan fingerprint density at radius 1 is 1.53 bits per heavy atom. The Kier molecular flexibility index (Phi) is 5.02. The van der Waals surface area contributed by atoms with Gasteiger partial charge in [-0.25, -0.2) is 4.98 Å². The number of hydrogen-bond donors (Lipinski definition) is 2. The largest absolute Gasteiger partial charge is 0.396 e. The summed E-state index contributed by atoms with van der Waals surface area (Å²) in [6.45, 7) is 5.26. The zero-order valence-electron chi connectivity index (χ0n) is 11.1. The maximum absolute atomic E-state index is 11.1. The molecule has 0 radical (unpaired) electrons. The Morgan fingerprint density at radius 2 is 2.16 bits per heavy atom. The fourth-order valence-electron chi connectivity index (χ4n) is 1.70. The van der Waals surface area contributed by atoms with Crippen LogP contribution in [-0.4, -0.2) is 32.1 Å². The summed E-state index contributed by atoms with van der Waals surface area (Å²) < 4.78 is 0. The number of anilines is 1. The number of halogens is 1. The first-order chi connectivity index (χ1) is 8.83. The molecule has 1 aromatic rings. The second-order valence-electron chi connectivity index (χ2n) is 4.55. The van der Waals surface area contributed by atoms with E-state index in [0.717, 1.165) is 0 Å². The number of aliphatic hydroxyl groups is 1. The Bertz CT molecular complexity index is 483. The Hall–Kier alpha value is -1.47. The third-order valence-corrected chi connectivity index (χ3v) is 3.25. The van der Waals surface area contributed by atoms with E-state index in [1.807, 2.05) is 13.8 Å². The highest BCUT2D eigenvalue weighted by molar-refractivity contribution is 6.28. The average Bonchev–Trinajstić information content (AvgIpc) is 2.27. The minimum Gasteiger partial charge on any atom is -0.396 e. The van der Waals surface area contributed by atoms with Crippen molar-refractivity contribution >= 4 is 23.1 Å². The number of nitrogens with one attached hydrogen (secondary N) is 1. The molecule has 8 heteroatoms. The van der Waals surface area contributed by atoms with Crippen molar-refractivity contribution in [2.24, 2.45) is 0 Å². The summed E-state index contributed by atoms with van der Waals surface area (Å²) in [4.78, 5) is 18.2. The van der Waals surface area contributed by atoms with Crippen LogP contribution in [0.2, 0.25) is 5.28 Å². The van der Waals surface area contributed by atoms with E-state index in [1.54, 1.807) is 0 Å². The van der Waals surface area contributed by atoms with E-state index in [2.05, 4.69) is 15.3 Å². The van der Waals surface area contributed by atoms with E-state index >= 15 is 0 Å². The molecule has 0 saturated carbocycles. The minimum absolute atomic E-state index is 0.0249. The summed E-state index contributed by atoms with van der Waals surface area (Å²) in [6.07, 6.45) is 1.12. The van der Waals surface area contributed by atoms with E-state index in [4.69, 9.17) is 16.7 Å². The fraction of sp³-hybridized carbons (Fsp3) is 0.636. The Labute approximate surface area is 116 Å². The van der Waals surface area contributed by atoms with Crippen LogP contribution in [0, 0.1) is 17.0 Å². The van der Waals surface area contributed by atoms with Crippen LogP contribution < -0.4 is 5.32 Å². The molecule has 0 aromatic carbocycles. The molecule has 0 aliphatic rings. The predicted molar refractivity (Wildman–Crippen MR) is 72.5 cm³/mol. The molecule has 19 heavy (non-hydrogen) atoms. The van der Waals surface area contributed by atoms with E-state index in [-0.39, 0.29) is 29.1 Å². The van der Waals surface area contributed by atoms with Crippen molar-refractivity contribution in [1.82, 2.24) is 9.97 Å². The molecule has 1 rings (SSSR count). The molecule has 0 saturated heterocycles. The molecular formula is C11H17ClN4O3. The second kappa shape index (κ2) is 6.12. The van der Waals surface area contributed by atoms with Gasteiger partial charge < -0.3 is 10.4 Å². The monoisotopic (exact) mass is 288 g/mol. The molecule has 1 heterocycles. The van der Waals surface area contributed by atoms with Gasteiger partial charge in [0.25, 0.3) is 0 Å². The van der Waals surface area contributed by atoms with Crippen molar-refractivity contribution in [2.45, 2.75) is 39.2 Å². The standard InChI is InChI=1S/C11H17ClN4O3/c1-4-11(3,5-6-17)15-9-8(16(18)19)7(2)13-10(12)14-9/h17H,4-6H2,1-3H3,(H,13,14,15). The van der Waals surface area contributed by atoms with Gasteiger partial charge in [0, 0.05) is 12.1 Å². The smallest absolute Gasteiger partial charge is 0.332 e. The third kappa shape index (κ3) is 3.74. The van der Waals surface area contributed by atoms with Crippen LogP contribution in [0.25, 0.3) is 0 Å². The number of aromatic nitrogens is 2. The van der Waals surface area contributed by atoms with Gasteiger partial charge in [-0.1, -0.05) is 6.92 Å². The third-order valence-electron chi connectivity index (χ3n) is 3.08. The first-order valence-corrected chi connectivity index (χ1v) is 6.28. The molecule has 0 bridgehead atoms. The van der Waals surface area contributed by atoms with Gasteiger partial charge in [0.1, 0.15) is 5.69 Å². The fourth-order valence-corrected chi connectivity index (χ4v) is 1.91. The molecule has 0 amide bonds. The zero-order valence-corrected chi connectivity index (χ0v) is 11.9. The lowest BCUT2D eigenvalue weighted by molar-refractivity contribution is -0.385. The zero-order chi connectivity index (χ0) is 14.6. The van der Waals surface area contributed by atoms with Crippen molar-refractivity contribution in [2.75, 3.05) is 11.9 Å². The molecule has 7 nitrogen and oxygen atoms in total. The quantitative estimate of drug-likeness (QED) is 0.473. The normalized spacial score (nSPS) is 13.9. The summed E-state index contributed by atoms with van der Waals surface area (Å²) in [5, 5.41) is 23.1. The summed E-state index contributed by atoms with van der Waals surface area (Å²) in [6, 6.07) is 0. The van der Waals surface area contributed by atoms with Crippen molar-refractivity contribution < 1.29 is 10.0 Å². The van der Waals surface area contributed by atoms with Crippen molar-refractivity contribution in [3.63, 3.8) is 0 Å². The van der Waals surface area contributed by atoms with Crippen LogP contribution >= 0.6 is 11.6 Å². The summed E-state index contributed by atoms with van der Waals surface area (Å²) in [7, 11) is 0. The Balaban J connectivity index is 3.22. The average molecular weight is 289 g/mol. The lowest BCUT2D eigenvalue weighted by Crippen LogP contribution is -2.35. The molecule has 0 spiro atoms. The molecule has 1 aromatic heterocycles. The molecule has 2 N–H and O–H groups in total. The molecular weight excluding hydrogens is 272 g/mol. The van der Waals surface area contributed by atoms with Gasteiger partial charge >= 0.3 is 5.69 Å². The number of aliphatic hydroxyl groups excluding tert-OH is 1. The number of aryl methyl sites for hydroxylation is 1. The summed E-state index contributed by atoms with van der Waals surface area (Å²) in [5.74, 6) is 0.0836. The van der Waals surface area contributed by atoms with Crippen LogP contribution in [0.4, 0.5) is 11.5 Å².